The largest absolute Gasteiger partial charge is 0.503 e. The number of aromatic nitrogens is 1. The molecule has 0 aliphatic carbocycles. The zero-order valence-corrected chi connectivity index (χ0v) is 19.3. The van der Waals surface area contributed by atoms with Gasteiger partial charge >= 0.3 is 0 Å². The second-order valence-electron chi connectivity index (χ2n) is 7.30. The summed E-state index contributed by atoms with van der Waals surface area (Å²) in [5.74, 6) is -1.03. The molecule has 0 saturated carbocycles. The van der Waals surface area contributed by atoms with Crippen molar-refractivity contribution in [3.05, 3.63) is 86.0 Å². The molecule has 1 amide bonds. The van der Waals surface area contributed by atoms with Crippen LogP contribution >= 0.6 is 22.9 Å². The number of ether oxygens (including phenoxy) is 1. The van der Waals surface area contributed by atoms with E-state index in [0.29, 0.717) is 39.2 Å². The number of carbonyl (C=O) groups is 2. The fourth-order valence-electron chi connectivity index (χ4n) is 3.83. The lowest BCUT2D eigenvalue weighted by Crippen LogP contribution is -2.31. The van der Waals surface area contributed by atoms with Gasteiger partial charge in [-0.1, -0.05) is 23.7 Å². The van der Waals surface area contributed by atoms with Gasteiger partial charge in [-0.05, 0) is 62.7 Å². The molecule has 0 bridgehead atoms. The molecule has 6 nitrogen and oxygen atoms in total. The maximum Gasteiger partial charge on any atom is 0.294 e. The predicted molar refractivity (Wildman–Crippen MR) is 125 cm³/mol. The first-order valence-corrected chi connectivity index (χ1v) is 11.2. The van der Waals surface area contributed by atoms with Gasteiger partial charge < -0.3 is 9.84 Å². The summed E-state index contributed by atoms with van der Waals surface area (Å²) in [4.78, 5) is 32.9. The summed E-state index contributed by atoms with van der Waals surface area (Å²) in [6, 6.07) is 13.0. The molecule has 0 spiro atoms. The number of nitrogens with zero attached hydrogens (tertiary/aromatic N) is 2. The van der Waals surface area contributed by atoms with E-state index in [-0.39, 0.29) is 5.57 Å². The highest BCUT2D eigenvalue weighted by atomic mass is 35.5. The normalized spacial score (nSPS) is 16.1. The highest BCUT2D eigenvalue weighted by Crippen LogP contribution is 2.43. The third-order valence-electron chi connectivity index (χ3n) is 5.15. The molecule has 2 heterocycles. The smallest absolute Gasteiger partial charge is 0.294 e. The Morgan fingerprint density at radius 1 is 1.22 bits per heavy atom. The molecule has 0 saturated heterocycles. The zero-order chi connectivity index (χ0) is 23.0. The molecule has 4 rings (SSSR count). The van der Waals surface area contributed by atoms with E-state index in [9.17, 15) is 14.7 Å². The topological polar surface area (TPSA) is 79.7 Å². The first kappa shape index (κ1) is 22.0. The van der Waals surface area contributed by atoms with Crippen molar-refractivity contribution in [2.45, 2.75) is 26.8 Å². The lowest BCUT2D eigenvalue weighted by molar-refractivity contribution is -0.117. The average Bonchev–Trinajstić information content (AvgIpc) is 3.24. The Labute approximate surface area is 194 Å². The Balaban J connectivity index is 1.89. The molecule has 1 aromatic heterocycles. The number of aryl methyl sites for hydroxylation is 2. The molecule has 1 atom stereocenters. The second kappa shape index (κ2) is 8.76. The van der Waals surface area contributed by atoms with Crippen LogP contribution in [0.15, 0.2) is 59.9 Å². The molecule has 3 aromatic rings. The Bertz CT molecular complexity index is 1230. The number of aliphatic hydroxyl groups excluding tert-OH is 1. The van der Waals surface area contributed by atoms with E-state index in [0.717, 1.165) is 5.01 Å². The van der Waals surface area contributed by atoms with E-state index in [1.807, 2.05) is 13.8 Å². The van der Waals surface area contributed by atoms with E-state index in [1.54, 1.807) is 55.5 Å². The quantitative estimate of drug-likeness (QED) is 0.476. The molecule has 1 aliphatic heterocycles. The van der Waals surface area contributed by atoms with Gasteiger partial charge in [-0.25, -0.2) is 4.98 Å². The number of hydrogen-bond donors (Lipinski definition) is 1. The molecule has 2 aromatic carbocycles. The van der Waals surface area contributed by atoms with Crippen molar-refractivity contribution in [3.63, 3.8) is 0 Å². The fraction of sp³-hybridized carbons (Fsp3) is 0.208. The lowest BCUT2D eigenvalue weighted by atomic mass is 9.94. The summed E-state index contributed by atoms with van der Waals surface area (Å²) < 4.78 is 5.63. The van der Waals surface area contributed by atoms with Crippen molar-refractivity contribution in [3.8, 4) is 5.75 Å². The van der Waals surface area contributed by atoms with Crippen LogP contribution in [0.25, 0.3) is 0 Å². The van der Waals surface area contributed by atoms with Crippen LogP contribution in [-0.4, -0.2) is 28.4 Å². The van der Waals surface area contributed by atoms with E-state index in [4.69, 9.17) is 16.3 Å². The molecule has 0 radical (unpaired) electrons. The average molecular weight is 469 g/mol. The van der Waals surface area contributed by atoms with Gasteiger partial charge in [0.2, 0.25) is 5.78 Å². The van der Waals surface area contributed by atoms with Gasteiger partial charge in [0.05, 0.1) is 33.8 Å². The highest BCUT2D eigenvalue weighted by Gasteiger charge is 2.45. The Kier molecular flexibility index (Phi) is 6.04. The van der Waals surface area contributed by atoms with Crippen LogP contribution in [0.5, 0.6) is 5.75 Å². The first-order valence-electron chi connectivity index (χ1n) is 10.1. The Morgan fingerprint density at radius 2 is 1.94 bits per heavy atom. The zero-order valence-electron chi connectivity index (χ0n) is 17.8. The van der Waals surface area contributed by atoms with Crippen LogP contribution in [0.3, 0.4) is 0 Å². The molecule has 1 N–H and O–H groups in total. The maximum absolute atomic E-state index is 13.6. The van der Waals surface area contributed by atoms with Crippen LogP contribution in [0.1, 0.15) is 38.9 Å². The summed E-state index contributed by atoms with van der Waals surface area (Å²) >= 11 is 7.27. The van der Waals surface area contributed by atoms with E-state index >= 15 is 0 Å². The van der Waals surface area contributed by atoms with Crippen molar-refractivity contribution in [1.29, 1.82) is 0 Å². The van der Waals surface area contributed by atoms with E-state index in [2.05, 4.69) is 4.98 Å². The van der Waals surface area contributed by atoms with E-state index in [1.165, 1.54) is 16.2 Å². The minimum absolute atomic E-state index is 0.0188. The van der Waals surface area contributed by atoms with Crippen LogP contribution in [0.2, 0.25) is 5.02 Å². The number of halogens is 1. The van der Waals surface area contributed by atoms with Crippen molar-refractivity contribution in [1.82, 2.24) is 4.98 Å². The molecular formula is C24H21ClN2O4S. The molecule has 1 aliphatic rings. The number of aliphatic hydroxyl groups is 1. The summed E-state index contributed by atoms with van der Waals surface area (Å²) in [5.41, 5.74) is 1.74. The van der Waals surface area contributed by atoms with Gasteiger partial charge in [0.1, 0.15) is 5.75 Å². The SMILES string of the molecule is CCOc1cccc(C2C(C(=O)c3sc(C)nc3C)=C(O)C(=O)N2c2ccc(Cl)cc2)c1. The van der Waals surface area contributed by atoms with Crippen molar-refractivity contribution < 1.29 is 19.4 Å². The monoisotopic (exact) mass is 468 g/mol. The minimum atomic E-state index is -0.835. The number of thiazole rings is 1. The summed E-state index contributed by atoms with van der Waals surface area (Å²) in [6.07, 6.45) is 0. The standard InChI is InChI=1S/C24H21ClN2O4S/c1-4-31-18-7-5-6-15(12-18)20-19(21(28)23-13(2)26-14(3)32-23)22(29)24(30)27(20)17-10-8-16(25)9-11-17/h5-12,20,29H,4H2,1-3H3. The first-order chi connectivity index (χ1) is 15.3. The molecule has 1 unspecified atom stereocenters. The van der Waals surface area contributed by atoms with Gasteiger partial charge in [-0.15, -0.1) is 11.3 Å². The van der Waals surface area contributed by atoms with Crippen LogP contribution in [-0.2, 0) is 4.79 Å². The molecular weight excluding hydrogens is 448 g/mol. The number of hydrogen-bond acceptors (Lipinski definition) is 6. The van der Waals surface area contributed by atoms with Crippen molar-refractivity contribution in [2.75, 3.05) is 11.5 Å². The Morgan fingerprint density at radius 3 is 2.56 bits per heavy atom. The third-order valence-corrected chi connectivity index (χ3v) is 6.48. The van der Waals surface area contributed by atoms with Gasteiger partial charge in [0.15, 0.2) is 5.76 Å². The van der Waals surface area contributed by atoms with Crippen molar-refractivity contribution >= 4 is 40.3 Å². The highest BCUT2D eigenvalue weighted by molar-refractivity contribution is 7.14. The number of amides is 1. The number of rotatable bonds is 6. The lowest BCUT2D eigenvalue weighted by Gasteiger charge is -2.27. The second-order valence-corrected chi connectivity index (χ2v) is 8.94. The molecule has 0 fully saturated rings. The van der Waals surface area contributed by atoms with Gasteiger partial charge in [-0.3, -0.25) is 14.5 Å². The fourth-order valence-corrected chi connectivity index (χ4v) is 4.83. The van der Waals surface area contributed by atoms with Crippen LogP contribution < -0.4 is 9.64 Å². The van der Waals surface area contributed by atoms with Gasteiger partial charge in [-0.2, -0.15) is 0 Å². The van der Waals surface area contributed by atoms with Crippen LogP contribution in [0, 0.1) is 13.8 Å². The third kappa shape index (κ3) is 3.89. The van der Waals surface area contributed by atoms with Crippen molar-refractivity contribution in [2.24, 2.45) is 0 Å². The molecule has 32 heavy (non-hydrogen) atoms. The van der Waals surface area contributed by atoms with E-state index < -0.39 is 23.5 Å². The molecule has 164 valence electrons. The van der Waals surface area contributed by atoms with Crippen LogP contribution in [0.4, 0.5) is 5.69 Å². The predicted octanol–water partition coefficient (Wildman–Crippen LogP) is 5.59. The number of carbonyl (C=O) groups excluding carboxylic acids is 2. The number of anilines is 1. The number of Topliss-reactive ketones (excluding diaryl/α,β-unsaturated/α-hetero) is 1. The van der Waals surface area contributed by atoms with Gasteiger partial charge in [0.25, 0.3) is 5.91 Å². The Hall–Kier alpha value is -3.16. The minimum Gasteiger partial charge on any atom is -0.503 e. The van der Waals surface area contributed by atoms with Gasteiger partial charge in [0, 0.05) is 10.7 Å². The molecule has 8 heteroatoms. The summed E-state index contributed by atoms with van der Waals surface area (Å²) in [6.45, 7) is 5.90. The summed E-state index contributed by atoms with van der Waals surface area (Å²) in [5, 5.41) is 12.1. The maximum atomic E-state index is 13.6. The number of benzene rings is 2. The summed E-state index contributed by atoms with van der Waals surface area (Å²) in [7, 11) is 0. The number of ketones is 1.